The molecule has 0 atom stereocenters. The molecule has 0 fully saturated rings. The zero-order chi connectivity index (χ0) is 17.6. The van der Waals surface area contributed by atoms with Gasteiger partial charge in [0, 0.05) is 43.3 Å². The van der Waals surface area contributed by atoms with Crippen LogP contribution in [0.4, 0.5) is 15.1 Å². The molecule has 2 aliphatic rings. The Morgan fingerprint density at radius 1 is 1.12 bits per heavy atom. The summed E-state index contributed by atoms with van der Waals surface area (Å²) in [4.78, 5) is 1.01. The Hall–Kier alpha value is -0.956. The van der Waals surface area contributed by atoms with Crippen molar-refractivity contribution in [3.05, 3.63) is 50.0 Å². The van der Waals surface area contributed by atoms with E-state index in [-0.39, 0.29) is 38.5 Å². The Bertz CT molecular complexity index is 847. The second-order valence-electron chi connectivity index (χ2n) is 7.16. The van der Waals surface area contributed by atoms with E-state index < -0.39 is 0 Å². The summed E-state index contributed by atoms with van der Waals surface area (Å²) >= 11 is 1.40. The van der Waals surface area contributed by atoms with Gasteiger partial charge in [-0.2, -0.15) is 16.6 Å². The fourth-order valence-electron chi connectivity index (χ4n) is 4.07. The normalized spacial score (nSPS) is 14.6. The van der Waals surface area contributed by atoms with Crippen LogP contribution in [0, 0.1) is 17.1 Å². The van der Waals surface area contributed by atoms with Crippen LogP contribution >= 0.6 is 11.3 Å². The van der Waals surface area contributed by atoms with Crippen molar-refractivity contribution in [3.63, 3.8) is 0 Å². The van der Waals surface area contributed by atoms with Gasteiger partial charge < -0.3 is 10.9 Å². The molecule has 0 bridgehead atoms. The molecule has 3 nitrogen and oxygen atoms in total. The topological polar surface area (TPSA) is 49.9 Å². The zero-order valence-electron chi connectivity index (χ0n) is 15.2. The molecule has 6 heteroatoms. The molecule has 0 amide bonds. The number of nitrogens with zero attached hydrogens (tertiary/aromatic N) is 2. The second-order valence-corrected chi connectivity index (χ2v) is 8.23. The zero-order valence-corrected chi connectivity index (χ0v) is 18.8. The maximum absolute atomic E-state index is 14.2. The van der Waals surface area contributed by atoms with Crippen LogP contribution in [-0.2, 0) is 58.4 Å². The quantitative estimate of drug-likeness (QED) is 0.599. The molecular formula is C20H21FN3SY-. The predicted molar refractivity (Wildman–Crippen MR) is 100 cm³/mol. The van der Waals surface area contributed by atoms with Crippen molar-refractivity contribution in [3.8, 4) is 6.07 Å². The first-order valence-electron chi connectivity index (χ1n) is 8.95. The predicted octanol–water partition coefficient (Wildman–Crippen LogP) is 5.89. The first-order chi connectivity index (χ1) is 12.1. The average molecular weight is 443 g/mol. The fraction of sp³-hybridized carbons (Fsp3) is 0.450. The number of nitrogens with one attached hydrogen (secondary N) is 1. The van der Waals surface area contributed by atoms with Gasteiger partial charge in [0.15, 0.2) is 0 Å². The van der Waals surface area contributed by atoms with Crippen molar-refractivity contribution in [1.82, 2.24) is 0 Å². The van der Waals surface area contributed by atoms with Gasteiger partial charge in [-0.15, -0.1) is 0 Å². The molecule has 2 aromatic rings. The summed E-state index contributed by atoms with van der Waals surface area (Å²) in [6, 6.07) is 4.02. The van der Waals surface area contributed by atoms with Crippen LogP contribution in [0.5, 0.6) is 0 Å². The number of halogens is 1. The molecule has 0 aliphatic heterocycles. The second kappa shape index (κ2) is 7.96. The van der Waals surface area contributed by atoms with Gasteiger partial charge in [0.1, 0.15) is 5.82 Å². The molecular weight excluding hydrogens is 422 g/mol. The largest absolute Gasteiger partial charge is 0.586 e. The smallest absolute Gasteiger partial charge is 0.120 e. The Labute approximate surface area is 183 Å². The van der Waals surface area contributed by atoms with Crippen molar-refractivity contribution in [2.75, 3.05) is 5.43 Å². The van der Waals surface area contributed by atoms with Gasteiger partial charge in [-0.05, 0) is 77.8 Å². The van der Waals surface area contributed by atoms with Crippen LogP contribution in [0.3, 0.4) is 0 Å². The van der Waals surface area contributed by atoms with E-state index in [9.17, 15) is 9.65 Å². The summed E-state index contributed by atoms with van der Waals surface area (Å²) in [7, 11) is 0. The van der Waals surface area contributed by atoms with Crippen molar-refractivity contribution >= 4 is 22.0 Å². The van der Waals surface area contributed by atoms with Crippen molar-refractivity contribution < 1.29 is 37.1 Å². The minimum atomic E-state index is -0.261. The van der Waals surface area contributed by atoms with Crippen LogP contribution in [0.15, 0.2) is 6.07 Å². The standard InChI is InChI=1S/C20H21FN3S.Y/c1-11(2)18-9-17(21)20(25-18)24-23-19-14-7-3-5-12(14)16(10-22)13-6-4-8-15(13)19;/h9,11,23H,3-8H2,1-2H3;/q-1;. The van der Waals surface area contributed by atoms with Crippen molar-refractivity contribution in [1.29, 1.82) is 5.26 Å². The maximum Gasteiger partial charge on any atom is 0.120 e. The van der Waals surface area contributed by atoms with E-state index in [2.05, 4.69) is 30.8 Å². The molecule has 1 aromatic heterocycles. The Kier molecular flexibility index (Phi) is 6.06. The van der Waals surface area contributed by atoms with Crippen LogP contribution in [0.25, 0.3) is 5.43 Å². The van der Waals surface area contributed by atoms with Crippen LogP contribution in [-0.4, -0.2) is 0 Å². The first kappa shape index (κ1) is 19.8. The van der Waals surface area contributed by atoms with Gasteiger partial charge in [-0.25, -0.2) is 4.39 Å². The van der Waals surface area contributed by atoms with Gasteiger partial charge in [0.25, 0.3) is 0 Å². The summed E-state index contributed by atoms with van der Waals surface area (Å²) in [6.07, 6.45) is 6.02. The first-order valence-corrected chi connectivity index (χ1v) is 9.77. The SMILES string of the molecule is CC(C)c1cc(F)c([N-]Nc2c3c(c(C#N)c4c2CCC4)CCC3)s1.[Y]. The van der Waals surface area contributed by atoms with E-state index >= 15 is 0 Å². The summed E-state index contributed by atoms with van der Waals surface area (Å²) in [6.45, 7) is 4.12. The van der Waals surface area contributed by atoms with Crippen LogP contribution < -0.4 is 5.43 Å². The van der Waals surface area contributed by atoms with Gasteiger partial charge in [-0.1, -0.05) is 13.8 Å². The number of fused-ring (bicyclic) bond motifs is 2. The molecule has 0 saturated heterocycles. The minimum absolute atomic E-state index is 0. The van der Waals surface area contributed by atoms with E-state index in [1.165, 1.54) is 33.6 Å². The molecule has 1 radical (unpaired) electrons. The molecule has 2 aliphatic carbocycles. The molecule has 1 heterocycles. The molecule has 0 saturated carbocycles. The van der Waals surface area contributed by atoms with Crippen LogP contribution in [0.2, 0.25) is 0 Å². The molecule has 1 aromatic carbocycles. The van der Waals surface area contributed by atoms with Gasteiger partial charge in [-0.3, -0.25) is 0 Å². The molecule has 26 heavy (non-hydrogen) atoms. The van der Waals surface area contributed by atoms with E-state index in [0.29, 0.717) is 10.9 Å². The molecule has 0 unspecified atom stereocenters. The monoisotopic (exact) mass is 443 g/mol. The summed E-state index contributed by atoms with van der Waals surface area (Å²) in [5.74, 6) is 0.0370. The molecule has 4 rings (SSSR count). The Morgan fingerprint density at radius 2 is 1.69 bits per heavy atom. The van der Waals surface area contributed by atoms with Crippen molar-refractivity contribution in [2.24, 2.45) is 0 Å². The average Bonchev–Trinajstić information content (AvgIpc) is 3.30. The van der Waals surface area contributed by atoms with Crippen LogP contribution in [0.1, 0.15) is 65.3 Å². The minimum Gasteiger partial charge on any atom is -0.586 e. The number of hydrogen-bond acceptors (Lipinski definition) is 3. The number of thiophene rings is 1. The van der Waals surface area contributed by atoms with E-state index in [0.717, 1.165) is 54.7 Å². The van der Waals surface area contributed by atoms with Gasteiger partial charge >= 0.3 is 0 Å². The summed E-state index contributed by atoms with van der Waals surface area (Å²) in [5.41, 5.74) is 14.4. The van der Waals surface area contributed by atoms with E-state index in [1.54, 1.807) is 6.07 Å². The number of anilines is 1. The number of benzene rings is 1. The fourth-order valence-corrected chi connectivity index (χ4v) is 4.94. The Morgan fingerprint density at radius 3 is 2.19 bits per heavy atom. The number of hydrogen-bond donors (Lipinski definition) is 1. The third kappa shape index (κ3) is 3.32. The summed E-state index contributed by atoms with van der Waals surface area (Å²) in [5, 5.41) is 10.0. The van der Waals surface area contributed by atoms with E-state index in [1.807, 2.05) is 0 Å². The third-order valence-corrected chi connectivity index (χ3v) is 6.59. The third-order valence-electron chi connectivity index (χ3n) is 5.28. The van der Waals surface area contributed by atoms with Gasteiger partial charge in [0.05, 0.1) is 11.6 Å². The van der Waals surface area contributed by atoms with Crippen molar-refractivity contribution in [2.45, 2.75) is 58.3 Å². The molecule has 133 valence electrons. The van der Waals surface area contributed by atoms with E-state index in [4.69, 9.17) is 0 Å². The number of rotatable bonds is 4. The molecule has 0 spiro atoms. The Balaban J connectivity index is 0.00000196. The van der Waals surface area contributed by atoms with Gasteiger partial charge in [0.2, 0.25) is 0 Å². The maximum atomic E-state index is 14.2. The summed E-state index contributed by atoms with van der Waals surface area (Å²) < 4.78 is 14.2. The molecule has 1 N–H and O–H groups in total. The number of nitriles is 1.